The minimum atomic E-state index is -0.934. The summed E-state index contributed by atoms with van der Waals surface area (Å²) in [6, 6.07) is 3.86. The molecular weight excluding hydrogens is 193 g/mol. The molecule has 0 heterocycles. The zero-order valence-electron chi connectivity index (χ0n) is 8.23. The Balaban J connectivity index is 0. The molecule has 0 aliphatic rings. The first-order valence-corrected chi connectivity index (χ1v) is 3.88. The summed E-state index contributed by atoms with van der Waals surface area (Å²) in [6.07, 6.45) is 0.581. The second kappa shape index (κ2) is 10.5. The quantitative estimate of drug-likeness (QED) is 0.472. The number of nitriles is 2. The average molecular weight is 204 g/mol. The number of hydrogen-bond acceptors (Lipinski definition) is 4. The molecular formula is C8H11N3NaO2+. The zero-order valence-corrected chi connectivity index (χ0v) is 10.2. The molecule has 0 saturated carbocycles. The SMILES string of the molecule is N#CCCN(CCC#N)CC(=O)O.[Na+]. The Hall–Kier alpha value is -0.590. The van der Waals surface area contributed by atoms with Crippen LogP contribution in [0, 0.1) is 22.7 Å². The predicted molar refractivity (Wildman–Crippen MR) is 44.5 cm³/mol. The van der Waals surface area contributed by atoms with Gasteiger partial charge in [0.15, 0.2) is 0 Å². The molecule has 0 atom stereocenters. The van der Waals surface area contributed by atoms with Crippen molar-refractivity contribution in [1.29, 1.82) is 10.5 Å². The molecule has 0 saturated heterocycles. The van der Waals surface area contributed by atoms with Crippen LogP contribution in [0.1, 0.15) is 12.8 Å². The first-order chi connectivity index (χ1) is 6.20. The molecule has 5 nitrogen and oxygen atoms in total. The second-order valence-electron chi connectivity index (χ2n) is 2.49. The van der Waals surface area contributed by atoms with E-state index in [0.29, 0.717) is 25.9 Å². The van der Waals surface area contributed by atoms with Crippen LogP contribution >= 0.6 is 0 Å². The summed E-state index contributed by atoms with van der Waals surface area (Å²) in [7, 11) is 0. The van der Waals surface area contributed by atoms with Crippen LogP contribution in [0.2, 0.25) is 0 Å². The molecule has 0 aliphatic carbocycles. The summed E-state index contributed by atoms with van der Waals surface area (Å²) in [6.45, 7) is 0.707. The maximum absolute atomic E-state index is 10.3. The van der Waals surface area contributed by atoms with Gasteiger partial charge in [0, 0.05) is 25.9 Å². The van der Waals surface area contributed by atoms with Crippen molar-refractivity contribution in [2.24, 2.45) is 0 Å². The Labute approximate surface area is 105 Å². The Bertz CT molecular complexity index is 226. The summed E-state index contributed by atoms with van der Waals surface area (Å²) in [5.41, 5.74) is 0. The maximum Gasteiger partial charge on any atom is 1.00 e. The van der Waals surface area contributed by atoms with Crippen molar-refractivity contribution in [2.45, 2.75) is 12.8 Å². The van der Waals surface area contributed by atoms with Crippen molar-refractivity contribution in [3.05, 3.63) is 0 Å². The third kappa shape index (κ3) is 9.50. The Morgan fingerprint density at radius 2 is 1.64 bits per heavy atom. The summed E-state index contributed by atoms with van der Waals surface area (Å²) in [5, 5.41) is 25.0. The van der Waals surface area contributed by atoms with Gasteiger partial charge in [-0.2, -0.15) is 10.5 Å². The number of rotatable bonds is 6. The van der Waals surface area contributed by atoms with E-state index >= 15 is 0 Å². The molecule has 0 rings (SSSR count). The van der Waals surface area contributed by atoms with Gasteiger partial charge in [0.05, 0.1) is 18.7 Å². The minimum absolute atomic E-state index is 0. The molecule has 0 aromatic rings. The van der Waals surface area contributed by atoms with Gasteiger partial charge in [-0.05, 0) is 0 Å². The molecule has 0 aromatic carbocycles. The van der Waals surface area contributed by atoms with Crippen molar-refractivity contribution in [3.8, 4) is 12.1 Å². The standard InChI is InChI=1S/C8H11N3O2.Na/c9-3-1-5-11(6-2-4-10)7-8(12)13;/h1-2,5-7H2,(H,12,13);/q;+1. The smallest absolute Gasteiger partial charge is 0.480 e. The van der Waals surface area contributed by atoms with E-state index < -0.39 is 5.97 Å². The van der Waals surface area contributed by atoms with E-state index in [1.165, 1.54) is 0 Å². The Morgan fingerprint density at radius 1 is 1.21 bits per heavy atom. The summed E-state index contributed by atoms with van der Waals surface area (Å²) in [5.74, 6) is -0.934. The van der Waals surface area contributed by atoms with Gasteiger partial charge >= 0.3 is 35.5 Å². The molecule has 14 heavy (non-hydrogen) atoms. The first-order valence-electron chi connectivity index (χ1n) is 3.88. The van der Waals surface area contributed by atoms with Gasteiger partial charge in [-0.3, -0.25) is 9.69 Å². The Morgan fingerprint density at radius 3 is 1.93 bits per heavy atom. The van der Waals surface area contributed by atoms with Gasteiger partial charge in [0.2, 0.25) is 0 Å². The summed E-state index contributed by atoms with van der Waals surface area (Å²) in [4.78, 5) is 11.9. The van der Waals surface area contributed by atoms with Gasteiger partial charge in [-0.15, -0.1) is 0 Å². The van der Waals surface area contributed by atoms with Crippen LogP contribution in [0.15, 0.2) is 0 Å². The fourth-order valence-corrected chi connectivity index (χ4v) is 0.877. The van der Waals surface area contributed by atoms with E-state index in [9.17, 15) is 4.79 Å². The molecule has 0 unspecified atom stereocenters. The van der Waals surface area contributed by atoms with Crippen molar-refractivity contribution < 1.29 is 39.5 Å². The van der Waals surface area contributed by atoms with E-state index in [0.717, 1.165) is 0 Å². The molecule has 70 valence electrons. The molecule has 0 spiro atoms. The largest absolute Gasteiger partial charge is 1.00 e. The van der Waals surface area contributed by atoms with Crippen molar-refractivity contribution in [1.82, 2.24) is 4.90 Å². The topological polar surface area (TPSA) is 88.1 Å². The number of carboxylic acids is 1. The number of hydrogen-bond donors (Lipinski definition) is 1. The van der Waals surface area contributed by atoms with E-state index in [1.807, 2.05) is 12.1 Å². The third-order valence-electron chi connectivity index (χ3n) is 1.44. The molecule has 0 aromatic heterocycles. The number of nitrogens with zero attached hydrogens (tertiary/aromatic N) is 3. The normalized spacial score (nSPS) is 8.50. The molecule has 0 bridgehead atoms. The molecule has 0 radical (unpaired) electrons. The number of carboxylic acid groups (broad SMARTS) is 1. The minimum Gasteiger partial charge on any atom is -0.480 e. The average Bonchev–Trinajstić information content (AvgIpc) is 2.09. The van der Waals surface area contributed by atoms with Crippen molar-refractivity contribution in [3.63, 3.8) is 0 Å². The van der Waals surface area contributed by atoms with Gasteiger partial charge in [-0.1, -0.05) is 0 Å². The van der Waals surface area contributed by atoms with Crippen LogP contribution in [-0.2, 0) is 4.79 Å². The van der Waals surface area contributed by atoms with Gasteiger partial charge in [0.1, 0.15) is 0 Å². The first kappa shape index (κ1) is 15.9. The van der Waals surface area contributed by atoms with E-state index in [2.05, 4.69) is 0 Å². The van der Waals surface area contributed by atoms with Crippen LogP contribution in [-0.4, -0.2) is 35.6 Å². The van der Waals surface area contributed by atoms with Crippen molar-refractivity contribution in [2.75, 3.05) is 19.6 Å². The van der Waals surface area contributed by atoms with Gasteiger partial charge in [0.25, 0.3) is 0 Å². The summed E-state index contributed by atoms with van der Waals surface area (Å²) < 4.78 is 0. The predicted octanol–water partition coefficient (Wildman–Crippen LogP) is -2.80. The van der Waals surface area contributed by atoms with Crippen LogP contribution in [0.4, 0.5) is 0 Å². The molecule has 0 aliphatic heterocycles. The van der Waals surface area contributed by atoms with Crippen LogP contribution in [0.5, 0.6) is 0 Å². The monoisotopic (exact) mass is 204 g/mol. The fourth-order valence-electron chi connectivity index (χ4n) is 0.877. The molecule has 6 heteroatoms. The van der Waals surface area contributed by atoms with E-state index in [4.69, 9.17) is 15.6 Å². The maximum atomic E-state index is 10.3. The molecule has 0 amide bonds. The number of aliphatic carboxylic acids is 1. The van der Waals surface area contributed by atoms with E-state index in [-0.39, 0.29) is 36.1 Å². The van der Waals surface area contributed by atoms with E-state index in [1.54, 1.807) is 4.90 Å². The number of carbonyl (C=O) groups is 1. The second-order valence-corrected chi connectivity index (χ2v) is 2.49. The van der Waals surface area contributed by atoms with Gasteiger partial charge in [-0.25, -0.2) is 0 Å². The Kier molecular flexibility index (Phi) is 11.9. The molecule has 1 N–H and O–H groups in total. The summed E-state index contributed by atoms with van der Waals surface area (Å²) >= 11 is 0. The van der Waals surface area contributed by atoms with Crippen LogP contribution in [0.25, 0.3) is 0 Å². The van der Waals surface area contributed by atoms with Crippen molar-refractivity contribution >= 4 is 5.97 Å². The van der Waals surface area contributed by atoms with Crippen LogP contribution in [0.3, 0.4) is 0 Å². The third-order valence-corrected chi connectivity index (χ3v) is 1.44. The van der Waals surface area contributed by atoms with Gasteiger partial charge < -0.3 is 5.11 Å². The zero-order chi connectivity index (χ0) is 10.1. The van der Waals surface area contributed by atoms with Crippen LogP contribution < -0.4 is 29.6 Å². The fraction of sp³-hybridized carbons (Fsp3) is 0.625. The molecule has 0 fully saturated rings.